The van der Waals surface area contributed by atoms with Crippen LogP contribution in [0.25, 0.3) is 0 Å². The van der Waals surface area contributed by atoms with Gasteiger partial charge in [0.15, 0.2) is 0 Å². The zero-order valence-corrected chi connectivity index (χ0v) is 17.6. The Balaban J connectivity index is 1.74. The zero-order valence-electron chi connectivity index (χ0n) is 16.7. The third-order valence-corrected chi connectivity index (χ3v) is 7.46. The summed E-state index contributed by atoms with van der Waals surface area (Å²) in [7, 11) is -3.62. The molecule has 1 atom stereocenters. The van der Waals surface area contributed by atoms with E-state index < -0.39 is 15.4 Å². The summed E-state index contributed by atoms with van der Waals surface area (Å²) in [6, 6.07) is 14.9. The van der Waals surface area contributed by atoms with Crippen molar-refractivity contribution in [3.05, 3.63) is 65.2 Å². The monoisotopic (exact) mass is 400 g/mol. The van der Waals surface area contributed by atoms with Gasteiger partial charge in [-0.25, -0.2) is 8.42 Å². The molecule has 28 heavy (non-hydrogen) atoms. The van der Waals surface area contributed by atoms with Crippen LogP contribution in [0, 0.1) is 19.3 Å². The molecular weight excluding hydrogens is 372 g/mol. The minimum Gasteiger partial charge on any atom is -0.352 e. The third-order valence-electron chi connectivity index (χ3n) is 5.62. The smallest absolute Gasteiger partial charge is 0.243 e. The van der Waals surface area contributed by atoms with E-state index in [2.05, 4.69) is 5.32 Å². The van der Waals surface area contributed by atoms with Crippen LogP contribution < -0.4 is 5.32 Å². The van der Waals surface area contributed by atoms with Crippen LogP contribution in [0.5, 0.6) is 0 Å². The fraction of sp³-hybridized carbons (Fsp3) is 0.409. The van der Waals surface area contributed by atoms with E-state index in [1.54, 1.807) is 12.1 Å². The number of amides is 1. The van der Waals surface area contributed by atoms with E-state index in [-0.39, 0.29) is 12.5 Å². The second-order valence-electron chi connectivity index (χ2n) is 7.92. The number of piperidine rings is 1. The molecule has 150 valence electrons. The summed E-state index contributed by atoms with van der Waals surface area (Å²) in [5.74, 6) is -0.101. The number of rotatable bonds is 5. The Labute approximate surface area is 167 Å². The first kappa shape index (κ1) is 20.6. The van der Waals surface area contributed by atoms with Gasteiger partial charge in [0.25, 0.3) is 0 Å². The van der Waals surface area contributed by atoms with Crippen molar-refractivity contribution in [1.82, 2.24) is 9.62 Å². The van der Waals surface area contributed by atoms with E-state index in [4.69, 9.17) is 0 Å². The Morgan fingerprint density at radius 2 is 1.82 bits per heavy atom. The lowest BCUT2D eigenvalue weighted by atomic mass is 9.82. The third kappa shape index (κ3) is 4.28. The Hall–Kier alpha value is -2.18. The first-order valence-electron chi connectivity index (χ1n) is 9.62. The predicted molar refractivity (Wildman–Crippen MR) is 110 cm³/mol. The van der Waals surface area contributed by atoms with Gasteiger partial charge in [0.1, 0.15) is 0 Å². The number of nitrogens with one attached hydrogen (secondary N) is 1. The maximum atomic E-state index is 13.1. The molecule has 6 heteroatoms. The van der Waals surface area contributed by atoms with Gasteiger partial charge in [-0.3, -0.25) is 4.79 Å². The maximum absolute atomic E-state index is 13.1. The zero-order chi connectivity index (χ0) is 20.4. The van der Waals surface area contributed by atoms with Gasteiger partial charge < -0.3 is 5.32 Å². The quantitative estimate of drug-likeness (QED) is 0.836. The molecule has 1 aliphatic heterocycles. The SMILES string of the molecule is Cc1ccc(S(=O)(=O)N2CCC[C@](C)(C(=O)NCc3ccccc3)C2)cc1C. The molecule has 1 heterocycles. The summed E-state index contributed by atoms with van der Waals surface area (Å²) in [6.07, 6.45) is 1.34. The molecule has 1 fully saturated rings. The number of hydrogen-bond acceptors (Lipinski definition) is 3. The number of hydrogen-bond donors (Lipinski definition) is 1. The second-order valence-corrected chi connectivity index (χ2v) is 9.86. The summed E-state index contributed by atoms with van der Waals surface area (Å²) < 4.78 is 27.7. The number of carbonyl (C=O) groups excluding carboxylic acids is 1. The highest BCUT2D eigenvalue weighted by atomic mass is 32.2. The van der Waals surface area contributed by atoms with Crippen LogP contribution in [0.2, 0.25) is 0 Å². The minimum absolute atomic E-state index is 0.101. The van der Waals surface area contributed by atoms with Gasteiger partial charge in [-0.05, 0) is 62.4 Å². The first-order valence-corrected chi connectivity index (χ1v) is 11.1. The van der Waals surface area contributed by atoms with Crippen molar-refractivity contribution in [2.75, 3.05) is 13.1 Å². The Morgan fingerprint density at radius 3 is 2.50 bits per heavy atom. The molecule has 0 aliphatic carbocycles. The van der Waals surface area contributed by atoms with Crippen molar-refractivity contribution in [1.29, 1.82) is 0 Å². The van der Waals surface area contributed by atoms with Crippen LogP contribution in [-0.4, -0.2) is 31.7 Å². The predicted octanol–water partition coefficient (Wildman–Crippen LogP) is 3.41. The van der Waals surface area contributed by atoms with Crippen LogP contribution in [0.1, 0.15) is 36.5 Å². The van der Waals surface area contributed by atoms with E-state index >= 15 is 0 Å². The highest BCUT2D eigenvalue weighted by Gasteiger charge is 2.41. The Bertz CT molecular complexity index is 957. The molecule has 0 bridgehead atoms. The van der Waals surface area contributed by atoms with Crippen LogP contribution in [-0.2, 0) is 21.4 Å². The Morgan fingerprint density at radius 1 is 1.11 bits per heavy atom. The van der Waals surface area contributed by atoms with Gasteiger partial charge in [0, 0.05) is 19.6 Å². The molecule has 1 N–H and O–H groups in total. The number of sulfonamides is 1. The lowest BCUT2D eigenvalue weighted by Crippen LogP contribution is -2.51. The highest BCUT2D eigenvalue weighted by Crippen LogP contribution is 2.33. The molecule has 0 aromatic heterocycles. The van der Waals surface area contributed by atoms with Gasteiger partial charge in [0.2, 0.25) is 15.9 Å². The van der Waals surface area contributed by atoms with Crippen molar-refractivity contribution in [3.63, 3.8) is 0 Å². The van der Waals surface area contributed by atoms with Crippen molar-refractivity contribution in [2.45, 2.75) is 45.1 Å². The standard InChI is InChI=1S/C22H28N2O3S/c1-17-10-11-20(14-18(17)2)28(26,27)24-13-7-12-22(3,16-24)21(25)23-15-19-8-5-4-6-9-19/h4-6,8-11,14H,7,12-13,15-16H2,1-3H3,(H,23,25)/t22-/m0/s1. The summed E-state index contributed by atoms with van der Waals surface area (Å²) >= 11 is 0. The van der Waals surface area contributed by atoms with Gasteiger partial charge in [0.05, 0.1) is 10.3 Å². The fourth-order valence-corrected chi connectivity index (χ4v) is 5.29. The van der Waals surface area contributed by atoms with Crippen molar-refractivity contribution < 1.29 is 13.2 Å². The first-order chi connectivity index (χ1) is 13.2. The Kier molecular flexibility index (Phi) is 5.91. The molecule has 1 aliphatic rings. The summed E-state index contributed by atoms with van der Waals surface area (Å²) in [6.45, 7) is 6.81. The molecule has 0 radical (unpaired) electrons. The lowest BCUT2D eigenvalue weighted by molar-refractivity contribution is -0.132. The second kappa shape index (κ2) is 8.05. The molecule has 2 aromatic carbocycles. The molecule has 0 unspecified atom stereocenters. The van der Waals surface area contributed by atoms with Crippen molar-refractivity contribution in [3.8, 4) is 0 Å². The topological polar surface area (TPSA) is 66.5 Å². The van der Waals surface area contributed by atoms with Crippen LogP contribution in [0.4, 0.5) is 0 Å². The average Bonchev–Trinajstić information content (AvgIpc) is 2.69. The highest BCUT2D eigenvalue weighted by molar-refractivity contribution is 7.89. The number of nitrogens with zero attached hydrogens (tertiary/aromatic N) is 1. The van der Waals surface area contributed by atoms with E-state index in [0.29, 0.717) is 30.8 Å². The van der Waals surface area contributed by atoms with E-state index in [1.807, 2.05) is 57.2 Å². The lowest BCUT2D eigenvalue weighted by Gasteiger charge is -2.38. The normalized spacial score (nSPS) is 20.7. The molecular formula is C22H28N2O3S. The minimum atomic E-state index is -3.62. The van der Waals surface area contributed by atoms with Crippen molar-refractivity contribution in [2.24, 2.45) is 5.41 Å². The molecule has 0 spiro atoms. The largest absolute Gasteiger partial charge is 0.352 e. The molecule has 1 saturated heterocycles. The molecule has 1 amide bonds. The number of carbonyl (C=O) groups is 1. The van der Waals surface area contributed by atoms with Crippen LogP contribution in [0.15, 0.2) is 53.4 Å². The maximum Gasteiger partial charge on any atom is 0.243 e. The average molecular weight is 401 g/mol. The molecule has 3 rings (SSSR count). The van der Waals surface area contributed by atoms with Crippen LogP contribution in [0.3, 0.4) is 0 Å². The summed E-state index contributed by atoms with van der Waals surface area (Å²) in [5, 5.41) is 2.98. The van der Waals surface area contributed by atoms with E-state index in [1.165, 1.54) is 4.31 Å². The number of aryl methyl sites for hydroxylation is 2. The molecule has 5 nitrogen and oxygen atoms in total. The van der Waals surface area contributed by atoms with Crippen LogP contribution >= 0.6 is 0 Å². The summed E-state index contributed by atoms with van der Waals surface area (Å²) in [4.78, 5) is 13.2. The van der Waals surface area contributed by atoms with Gasteiger partial charge in [-0.2, -0.15) is 4.31 Å². The summed E-state index contributed by atoms with van der Waals surface area (Å²) in [5.41, 5.74) is 2.29. The van der Waals surface area contributed by atoms with Gasteiger partial charge >= 0.3 is 0 Å². The van der Waals surface area contributed by atoms with Gasteiger partial charge in [-0.1, -0.05) is 36.4 Å². The van der Waals surface area contributed by atoms with Crippen molar-refractivity contribution >= 4 is 15.9 Å². The number of benzene rings is 2. The molecule has 2 aromatic rings. The molecule has 0 saturated carbocycles. The van der Waals surface area contributed by atoms with E-state index in [9.17, 15) is 13.2 Å². The van der Waals surface area contributed by atoms with Gasteiger partial charge in [-0.15, -0.1) is 0 Å². The fourth-order valence-electron chi connectivity index (χ4n) is 3.60. The van der Waals surface area contributed by atoms with E-state index in [0.717, 1.165) is 16.7 Å².